The van der Waals surface area contributed by atoms with Gasteiger partial charge in [0.1, 0.15) is 0 Å². The molecule has 2 rings (SSSR count). The average molecular weight is 273 g/mol. The normalized spacial score (nSPS) is 10.6. The lowest BCUT2D eigenvalue weighted by molar-refractivity contribution is 0.112. The number of hydrogen-bond acceptors (Lipinski definition) is 3. The zero-order valence-electron chi connectivity index (χ0n) is 6.45. The quantitative estimate of drug-likeness (QED) is 0.618. The van der Waals surface area contributed by atoms with Gasteiger partial charge < -0.3 is 0 Å². The van der Waals surface area contributed by atoms with Crippen molar-refractivity contribution in [3.63, 3.8) is 0 Å². The predicted molar refractivity (Wildman–Crippen MR) is 62.2 cm³/mol. The van der Waals surface area contributed by atoms with E-state index in [4.69, 9.17) is 0 Å². The monoisotopic (exact) mass is 272 g/mol. The molecule has 0 N–H and O–H groups in total. The molecule has 0 bridgehead atoms. The summed E-state index contributed by atoms with van der Waals surface area (Å²) in [7, 11) is 0. The molecule has 0 saturated carbocycles. The molecule has 4 heteroatoms. The van der Waals surface area contributed by atoms with Gasteiger partial charge in [0.25, 0.3) is 0 Å². The molecule has 1 aromatic carbocycles. The van der Waals surface area contributed by atoms with Crippen LogP contribution in [0.3, 0.4) is 0 Å². The SMILES string of the molecule is O=Cc1cc(S)cc2scc(Br)c12. The molecule has 1 heterocycles. The molecule has 13 heavy (non-hydrogen) atoms. The Morgan fingerprint density at radius 2 is 2.23 bits per heavy atom. The smallest absolute Gasteiger partial charge is 0.150 e. The Balaban J connectivity index is 2.92. The van der Waals surface area contributed by atoms with Crippen molar-refractivity contribution in [1.29, 1.82) is 0 Å². The predicted octanol–water partition coefficient (Wildman–Crippen LogP) is 3.77. The maximum atomic E-state index is 10.8. The highest BCUT2D eigenvalue weighted by molar-refractivity contribution is 9.10. The zero-order valence-corrected chi connectivity index (χ0v) is 9.75. The van der Waals surface area contributed by atoms with Gasteiger partial charge in [-0.25, -0.2) is 0 Å². The largest absolute Gasteiger partial charge is 0.298 e. The third-order valence-corrected chi connectivity index (χ3v) is 3.89. The highest BCUT2D eigenvalue weighted by Gasteiger charge is 2.07. The molecular formula is C9H5BrOS2. The standard InChI is InChI=1S/C9H5BrOS2/c10-7-4-13-8-2-6(12)1-5(3-11)9(7)8/h1-4,12H. The zero-order chi connectivity index (χ0) is 9.42. The summed E-state index contributed by atoms with van der Waals surface area (Å²) in [5.74, 6) is 0. The number of aldehydes is 1. The van der Waals surface area contributed by atoms with Crippen LogP contribution in [0.5, 0.6) is 0 Å². The summed E-state index contributed by atoms with van der Waals surface area (Å²) in [4.78, 5) is 11.6. The third-order valence-electron chi connectivity index (χ3n) is 1.77. The number of carbonyl (C=O) groups excluding carboxylic acids is 1. The lowest BCUT2D eigenvalue weighted by Gasteiger charge is -1.97. The van der Waals surface area contributed by atoms with Crippen molar-refractivity contribution in [2.45, 2.75) is 4.90 Å². The number of thiophene rings is 1. The van der Waals surface area contributed by atoms with Gasteiger partial charge in [0, 0.05) is 30.4 Å². The summed E-state index contributed by atoms with van der Waals surface area (Å²) in [5.41, 5.74) is 0.690. The number of benzene rings is 1. The second kappa shape index (κ2) is 3.44. The molecule has 0 aliphatic carbocycles. The first-order valence-corrected chi connectivity index (χ1v) is 5.69. The molecule has 0 aliphatic heterocycles. The van der Waals surface area contributed by atoms with Crippen LogP contribution in [-0.4, -0.2) is 6.29 Å². The lowest BCUT2D eigenvalue weighted by Crippen LogP contribution is -1.81. The van der Waals surface area contributed by atoms with Crippen LogP contribution in [0.4, 0.5) is 0 Å². The van der Waals surface area contributed by atoms with Crippen molar-refractivity contribution < 1.29 is 4.79 Å². The molecule has 0 spiro atoms. The minimum absolute atomic E-state index is 0.690. The van der Waals surface area contributed by atoms with E-state index in [0.29, 0.717) is 5.56 Å². The molecule has 0 atom stereocenters. The Bertz CT molecular complexity index is 476. The first-order valence-electron chi connectivity index (χ1n) is 3.57. The number of halogens is 1. The van der Waals surface area contributed by atoms with Gasteiger partial charge in [0.2, 0.25) is 0 Å². The summed E-state index contributed by atoms with van der Waals surface area (Å²) in [6, 6.07) is 3.73. The number of hydrogen-bond donors (Lipinski definition) is 1. The summed E-state index contributed by atoms with van der Waals surface area (Å²) >= 11 is 9.24. The number of rotatable bonds is 1. The Hall–Kier alpha value is -0.320. The molecule has 1 nitrogen and oxygen atoms in total. The molecule has 0 saturated heterocycles. The second-order valence-electron chi connectivity index (χ2n) is 2.61. The van der Waals surface area contributed by atoms with Crippen LogP contribution in [0.15, 0.2) is 26.9 Å². The van der Waals surface area contributed by atoms with Crippen LogP contribution in [0.2, 0.25) is 0 Å². The van der Waals surface area contributed by atoms with Crippen molar-refractivity contribution in [1.82, 2.24) is 0 Å². The van der Waals surface area contributed by atoms with Gasteiger partial charge in [-0.15, -0.1) is 24.0 Å². The van der Waals surface area contributed by atoms with Crippen LogP contribution in [0, 0.1) is 0 Å². The van der Waals surface area contributed by atoms with Crippen LogP contribution in [-0.2, 0) is 0 Å². The van der Waals surface area contributed by atoms with E-state index in [-0.39, 0.29) is 0 Å². The first kappa shape index (κ1) is 9.24. The minimum atomic E-state index is 0.690. The summed E-state index contributed by atoms with van der Waals surface area (Å²) in [5, 5.41) is 2.96. The van der Waals surface area contributed by atoms with Crippen LogP contribution < -0.4 is 0 Å². The van der Waals surface area contributed by atoms with Crippen molar-refractivity contribution in [3.8, 4) is 0 Å². The van der Waals surface area contributed by atoms with Gasteiger partial charge in [-0.3, -0.25) is 4.79 Å². The van der Waals surface area contributed by atoms with E-state index < -0.39 is 0 Å². The van der Waals surface area contributed by atoms with E-state index in [1.54, 1.807) is 17.4 Å². The maximum absolute atomic E-state index is 10.8. The fraction of sp³-hybridized carbons (Fsp3) is 0. The fourth-order valence-corrected chi connectivity index (χ4v) is 3.34. The molecule has 0 radical (unpaired) electrons. The first-order chi connectivity index (χ1) is 6.22. The number of carbonyl (C=O) groups is 1. The average Bonchev–Trinajstić information content (AvgIpc) is 2.46. The van der Waals surface area contributed by atoms with Gasteiger partial charge in [-0.1, -0.05) is 0 Å². The highest BCUT2D eigenvalue weighted by Crippen LogP contribution is 2.34. The van der Waals surface area contributed by atoms with E-state index in [2.05, 4.69) is 28.6 Å². The van der Waals surface area contributed by atoms with Gasteiger partial charge in [-0.2, -0.15) is 0 Å². The Morgan fingerprint density at radius 1 is 1.46 bits per heavy atom. The number of thiol groups is 1. The molecule has 0 amide bonds. The molecule has 0 fully saturated rings. The summed E-state index contributed by atoms with van der Waals surface area (Å²) < 4.78 is 2.06. The highest BCUT2D eigenvalue weighted by atomic mass is 79.9. The Morgan fingerprint density at radius 3 is 2.92 bits per heavy atom. The van der Waals surface area contributed by atoms with Gasteiger partial charge in [-0.05, 0) is 28.1 Å². The van der Waals surface area contributed by atoms with Crippen LogP contribution in [0.25, 0.3) is 10.1 Å². The molecule has 66 valence electrons. The van der Waals surface area contributed by atoms with Crippen LogP contribution in [0.1, 0.15) is 10.4 Å². The summed E-state index contributed by atoms with van der Waals surface area (Å²) in [6.07, 6.45) is 0.861. The van der Waals surface area contributed by atoms with Crippen molar-refractivity contribution in [2.75, 3.05) is 0 Å². The molecule has 1 aromatic heterocycles. The van der Waals surface area contributed by atoms with Crippen LogP contribution >= 0.6 is 39.9 Å². The van der Waals surface area contributed by atoms with Gasteiger partial charge >= 0.3 is 0 Å². The van der Waals surface area contributed by atoms with E-state index in [9.17, 15) is 4.79 Å². The molecule has 2 aromatic rings. The number of fused-ring (bicyclic) bond motifs is 1. The minimum Gasteiger partial charge on any atom is -0.298 e. The fourth-order valence-electron chi connectivity index (χ4n) is 1.24. The van der Waals surface area contributed by atoms with Crippen molar-refractivity contribution in [3.05, 3.63) is 27.5 Å². The van der Waals surface area contributed by atoms with E-state index in [1.807, 2.05) is 11.4 Å². The Kier molecular flexibility index (Phi) is 2.45. The third kappa shape index (κ3) is 1.54. The van der Waals surface area contributed by atoms with Gasteiger partial charge in [0.05, 0.1) is 0 Å². The molecule has 0 unspecified atom stereocenters. The summed E-state index contributed by atoms with van der Waals surface area (Å²) in [6.45, 7) is 0. The van der Waals surface area contributed by atoms with Gasteiger partial charge in [0.15, 0.2) is 6.29 Å². The van der Waals surface area contributed by atoms with Crippen molar-refractivity contribution in [2.24, 2.45) is 0 Å². The van der Waals surface area contributed by atoms with E-state index in [0.717, 1.165) is 25.7 Å². The topological polar surface area (TPSA) is 17.1 Å². The lowest BCUT2D eigenvalue weighted by atomic mass is 10.1. The van der Waals surface area contributed by atoms with Crippen molar-refractivity contribution >= 4 is 56.3 Å². The molecule has 0 aliphatic rings. The molecular weight excluding hydrogens is 268 g/mol. The Labute approximate surface area is 93.3 Å². The van der Waals surface area contributed by atoms with E-state index >= 15 is 0 Å². The maximum Gasteiger partial charge on any atom is 0.150 e. The second-order valence-corrected chi connectivity index (χ2v) is 4.89. The van der Waals surface area contributed by atoms with E-state index in [1.165, 1.54) is 0 Å².